The van der Waals surface area contributed by atoms with Crippen LogP contribution in [-0.2, 0) is 19.6 Å². The van der Waals surface area contributed by atoms with Crippen LogP contribution in [0.1, 0.15) is 33.1 Å². The summed E-state index contributed by atoms with van der Waals surface area (Å²) in [7, 11) is 0.522. The van der Waals surface area contributed by atoms with Gasteiger partial charge >= 0.3 is 0 Å². The van der Waals surface area contributed by atoms with E-state index in [0.717, 1.165) is 19.4 Å². The molecule has 0 radical (unpaired) electrons. The number of piperidine rings is 1. The van der Waals surface area contributed by atoms with Gasteiger partial charge in [0.2, 0.25) is 21.8 Å². The second kappa shape index (κ2) is 9.67. The lowest BCUT2D eigenvalue weighted by atomic mass is 10.0. The minimum Gasteiger partial charge on any atom is -0.341 e. The second-order valence-corrected chi connectivity index (χ2v) is 10.5. The van der Waals surface area contributed by atoms with E-state index in [1.807, 2.05) is 19.0 Å². The van der Waals surface area contributed by atoms with Crippen molar-refractivity contribution in [3.05, 3.63) is 24.3 Å². The average Bonchev–Trinajstić information content (AvgIpc) is 3.15. The fourth-order valence-corrected chi connectivity index (χ4v) is 5.93. The first-order valence-corrected chi connectivity index (χ1v) is 12.5. The largest absolute Gasteiger partial charge is 0.341 e. The molecule has 2 unspecified atom stereocenters. The van der Waals surface area contributed by atoms with Gasteiger partial charge in [-0.3, -0.25) is 9.59 Å². The second-order valence-electron chi connectivity index (χ2n) is 8.53. The van der Waals surface area contributed by atoms with Crippen LogP contribution >= 0.6 is 0 Å². The van der Waals surface area contributed by atoms with E-state index >= 15 is 0 Å². The molecule has 2 saturated heterocycles. The Morgan fingerprint density at radius 1 is 1.10 bits per heavy atom. The van der Waals surface area contributed by atoms with Gasteiger partial charge in [-0.05, 0) is 51.2 Å². The molecule has 1 aromatic carbocycles. The van der Waals surface area contributed by atoms with Crippen LogP contribution in [0.15, 0.2) is 29.2 Å². The molecular formula is C22H34N4O4S. The number of amides is 2. The lowest BCUT2D eigenvalue weighted by Gasteiger charge is -2.37. The summed E-state index contributed by atoms with van der Waals surface area (Å²) < 4.78 is 26.7. The predicted molar refractivity (Wildman–Crippen MR) is 120 cm³/mol. The van der Waals surface area contributed by atoms with Crippen molar-refractivity contribution in [3.8, 4) is 0 Å². The summed E-state index contributed by atoms with van der Waals surface area (Å²) >= 11 is 0. The molecule has 172 valence electrons. The molecule has 2 heterocycles. The van der Waals surface area contributed by atoms with E-state index in [1.165, 1.54) is 16.4 Å². The fourth-order valence-electron chi connectivity index (χ4n) is 4.47. The minimum atomic E-state index is -3.54. The van der Waals surface area contributed by atoms with Gasteiger partial charge in [0.25, 0.3) is 0 Å². The first-order valence-electron chi connectivity index (χ1n) is 11.0. The topological polar surface area (TPSA) is 81.2 Å². The molecule has 3 rings (SSSR count). The van der Waals surface area contributed by atoms with Crippen LogP contribution in [0.2, 0.25) is 0 Å². The van der Waals surface area contributed by atoms with Crippen LogP contribution in [0.25, 0.3) is 0 Å². The van der Waals surface area contributed by atoms with Crippen molar-refractivity contribution in [3.63, 3.8) is 0 Å². The van der Waals surface area contributed by atoms with Crippen LogP contribution in [0.4, 0.5) is 5.69 Å². The highest BCUT2D eigenvalue weighted by Crippen LogP contribution is 2.29. The van der Waals surface area contributed by atoms with Gasteiger partial charge < -0.3 is 14.7 Å². The van der Waals surface area contributed by atoms with Gasteiger partial charge in [-0.1, -0.05) is 13.8 Å². The maximum absolute atomic E-state index is 13.1. The molecule has 9 heteroatoms. The Kier molecular flexibility index (Phi) is 7.39. The molecule has 2 fully saturated rings. The lowest BCUT2D eigenvalue weighted by Crippen LogP contribution is -2.49. The molecule has 2 aliphatic heterocycles. The first-order chi connectivity index (χ1) is 14.7. The number of anilines is 1. The third-order valence-corrected chi connectivity index (χ3v) is 8.47. The molecular weight excluding hydrogens is 416 g/mol. The Balaban J connectivity index is 1.70. The highest BCUT2D eigenvalue weighted by atomic mass is 32.2. The Bertz CT molecular complexity index is 897. The summed E-state index contributed by atoms with van der Waals surface area (Å²) in [5, 5.41) is 0. The van der Waals surface area contributed by atoms with Crippen molar-refractivity contribution in [2.45, 2.75) is 44.0 Å². The molecule has 0 aromatic heterocycles. The van der Waals surface area contributed by atoms with Crippen LogP contribution in [0, 0.1) is 5.92 Å². The van der Waals surface area contributed by atoms with Crippen LogP contribution in [0.5, 0.6) is 0 Å². The fraction of sp³-hybridized carbons (Fsp3) is 0.636. The molecule has 0 aliphatic carbocycles. The minimum absolute atomic E-state index is 0.0446. The summed E-state index contributed by atoms with van der Waals surface area (Å²) in [5.41, 5.74) is 0.628. The van der Waals surface area contributed by atoms with Gasteiger partial charge in [0, 0.05) is 50.9 Å². The van der Waals surface area contributed by atoms with E-state index in [4.69, 9.17) is 0 Å². The van der Waals surface area contributed by atoms with E-state index in [-0.39, 0.29) is 29.0 Å². The molecule has 2 aliphatic rings. The summed E-state index contributed by atoms with van der Waals surface area (Å²) in [6, 6.07) is 6.75. The van der Waals surface area contributed by atoms with Crippen molar-refractivity contribution in [2.75, 3.05) is 51.7 Å². The van der Waals surface area contributed by atoms with Gasteiger partial charge in [0.15, 0.2) is 0 Å². The molecule has 0 saturated carbocycles. The Labute approximate surface area is 185 Å². The van der Waals surface area contributed by atoms with Crippen LogP contribution in [-0.4, -0.2) is 87.2 Å². The number of hydrogen-bond donors (Lipinski definition) is 0. The number of nitrogens with zero attached hydrogens (tertiary/aromatic N) is 4. The Morgan fingerprint density at radius 2 is 1.74 bits per heavy atom. The average molecular weight is 451 g/mol. The normalized spacial score (nSPS) is 22.6. The zero-order chi connectivity index (χ0) is 22.8. The zero-order valence-electron chi connectivity index (χ0n) is 19.0. The van der Waals surface area contributed by atoms with Gasteiger partial charge in [0.1, 0.15) is 0 Å². The van der Waals surface area contributed by atoms with Gasteiger partial charge in [-0.25, -0.2) is 8.42 Å². The van der Waals surface area contributed by atoms with Crippen molar-refractivity contribution >= 4 is 27.5 Å². The molecule has 1 aromatic rings. The monoisotopic (exact) mass is 450 g/mol. The predicted octanol–water partition coefficient (Wildman–Crippen LogP) is 1.62. The van der Waals surface area contributed by atoms with Crippen LogP contribution in [0.3, 0.4) is 0 Å². The Morgan fingerprint density at radius 3 is 2.32 bits per heavy atom. The highest BCUT2D eigenvalue weighted by molar-refractivity contribution is 7.89. The number of likely N-dealkylation sites (tertiary alicyclic amines) is 1. The smallest absolute Gasteiger partial charge is 0.243 e. The van der Waals surface area contributed by atoms with Gasteiger partial charge in [-0.15, -0.1) is 0 Å². The molecule has 0 spiro atoms. The third kappa shape index (κ3) is 4.94. The number of benzene rings is 1. The van der Waals surface area contributed by atoms with E-state index in [9.17, 15) is 18.0 Å². The van der Waals surface area contributed by atoms with Gasteiger partial charge in [0.05, 0.1) is 10.8 Å². The summed E-state index contributed by atoms with van der Waals surface area (Å²) in [6.07, 6.45) is 2.25. The van der Waals surface area contributed by atoms with E-state index in [1.54, 1.807) is 30.9 Å². The molecule has 0 N–H and O–H groups in total. The molecule has 2 atom stereocenters. The zero-order valence-corrected chi connectivity index (χ0v) is 19.8. The summed E-state index contributed by atoms with van der Waals surface area (Å²) in [5.74, 6) is -0.408. The lowest BCUT2D eigenvalue weighted by molar-refractivity contribution is -0.137. The maximum Gasteiger partial charge on any atom is 0.243 e. The maximum atomic E-state index is 13.1. The van der Waals surface area contributed by atoms with Crippen molar-refractivity contribution in [2.24, 2.45) is 5.92 Å². The molecule has 2 amide bonds. The number of rotatable bonds is 7. The number of carbonyl (C=O) groups is 2. The van der Waals surface area contributed by atoms with Crippen molar-refractivity contribution in [1.82, 2.24) is 14.1 Å². The SMILES string of the molecule is CCN(CC)S(=O)(=O)c1ccc(N2CC(C(=O)N3CCCC(N(C)C)C3)CC2=O)cc1. The number of sulfonamides is 1. The highest BCUT2D eigenvalue weighted by Gasteiger charge is 2.38. The number of hydrogen-bond acceptors (Lipinski definition) is 5. The quantitative estimate of drug-likeness (QED) is 0.631. The first kappa shape index (κ1) is 23.7. The van der Waals surface area contributed by atoms with Crippen molar-refractivity contribution in [1.29, 1.82) is 0 Å². The van der Waals surface area contributed by atoms with Crippen molar-refractivity contribution < 1.29 is 18.0 Å². The van der Waals surface area contributed by atoms with Gasteiger partial charge in [-0.2, -0.15) is 4.31 Å². The standard InChI is InChI=1S/C22H34N4O4S/c1-5-25(6-2)31(29,30)20-11-9-18(10-12-20)26-15-17(14-21(26)27)22(28)24-13-7-8-19(16-24)23(3)4/h9-12,17,19H,5-8,13-16H2,1-4H3. The van der Waals surface area contributed by atoms with E-state index in [2.05, 4.69) is 4.90 Å². The van der Waals surface area contributed by atoms with E-state index in [0.29, 0.717) is 37.9 Å². The van der Waals surface area contributed by atoms with Crippen LogP contribution < -0.4 is 4.90 Å². The number of likely N-dealkylation sites (N-methyl/N-ethyl adjacent to an activating group) is 1. The summed E-state index contributed by atoms with van der Waals surface area (Å²) in [6.45, 7) is 6.20. The third-order valence-electron chi connectivity index (χ3n) is 6.40. The molecule has 0 bridgehead atoms. The number of carbonyl (C=O) groups excluding carboxylic acids is 2. The molecule has 31 heavy (non-hydrogen) atoms. The summed E-state index contributed by atoms with van der Waals surface area (Å²) in [4.78, 5) is 31.6. The molecule has 8 nitrogen and oxygen atoms in total. The Hall–Kier alpha value is -1.97. The van der Waals surface area contributed by atoms with E-state index < -0.39 is 10.0 Å².